The molecule has 0 aliphatic heterocycles. The first-order valence-electron chi connectivity index (χ1n) is 9.16. The maximum atomic E-state index is 12.3. The van der Waals surface area contributed by atoms with Crippen molar-refractivity contribution in [1.82, 2.24) is 4.98 Å². The van der Waals surface area contributed by atoms with Gasteiger partial charge in [0.1, 0.15) is 0 Å². The summed E-state index contributed by atoms with van der Waals surface area (Å²) in [6, 6.07) is 11.6. The van der Waals surface area contributed by atoms with Gasteiger partial charge in [-0.15, -0.1) is 11.3 Å². The van der Waals surface area contributed by atoms with Gasteiger partial charge in [0.2, 0.25) is 0 Å². The van der Waals surface area contributed by atoms with E-state index in [1.54, 1.807) is 6.07 Å². The SMILES string of the molecule is CCOc1ccccc1OCC(=O)Nc1nc(-c2cc(C)c(C)cc2C)cs1. The highest BCUT2D eigenvalue weighted by atomic mass is 32.1. The average Bonchev–Trinajstić information content (AvgIpc) is 3.12. The van der Waals surface area contributed by atoms with E-state index in [0.29, 0.717) is 23.2 Å². The second kappa shape index (κ2) is 8.89. The molecule has 146 valence electrons. The molecule has 1 aromatic heterocycles. The lowest BCUT2D eigenvalue weighted by molar-refractivity contribution is -0.118. The van der Waals surface area contributed by atoms with Crippen molar-refractivity contribution in [2.45, 2.75) is 27.7 Å². The number of anilines is 1. The van der Waals surface area contributed by atoms with Crippen LogP contribution in [0.25, 0.3) is 11.3 Å². The lowest BCUT2D eigenvalue weighted by atomic mass is 9.99. The van der Waals surface area contributed by atoms with Crippen LogP contribution in [0.1, 0.15) is 23.6 Å². The van der Waals surface area contributed by atoms with Crippen LogP contribution in [0, 0.1) is 20.8 Å². The third-order valence-electron chi connectivity index (χ3n) is 4.37. The van der Waals surface area contributed by atoms with E-state index in [9.17, 15) is 4.79 Å². The quantitative estimate of drug-likeness (QED) is 0.600. The zero-order valence-electron chi connectivity index (χ0n) is 16.5. The van der Waals surface area contributed by atoms with Crippen molar-refractivity contribution in [2.75, 3.05) is 18.5 Å². The first-order chi connectivity index (χ1) is 13.5. The number of benzene rings is 2. The third kappa shape index (κ3) is 4.70. The van der Waals surface area contributed by atoms with Crippen LogP contribution >= 0.6 is 11.3 Å². The third-order valence-corrected chi connectivity index (χ3v) is 5.13. The number of amides is 1. The molecule has 0 fully saturated rings. The van der Waals surface area contributed by atoms with E-state index in [-0.39, 0.29) is 12.5 Å². The van der Waals surface area contributed by atoms with Gasteiger partial charge in [-0.05, 0) is 62.6 Å². The molecule has 5 nitrogen and oxygen atoms in total. The molecule has 0 atom stereocenters. The molecule has 1 heterocycles. The molecule has 0 aliphatic rings. The summed E-state index contributed by atoms with van der Waals surface area (Å²) in [5, 5.41) is 5.31. The second-order valence-electron chi connectivity index (χ2n) is 6.51. The fourth-order valence-electron chi connectivity index (χ4n) is 2.83. The maximum Gasteiger partial charge on any atom is 0.264 e. The average molecular weight is 397 g/mol. The molecule has 0 radical (unpaired) electrons. The lowest BCUT2D eigenvalue weighted by Crippen LogP contribution is -2.20. The fraction of sp³-hybridized carbons (Fsp3) is 0.273. The molecule has 28 heavy (non-hydrogen) atoms. The van der Waals surface area contributed by atoms with Gasteiger partial charge in [-0.3, -0.25) is 10.1 Å². The highest BCUT2D eigenvalue weighted by Crippen LogP contribution is 2.30. The number of aryl methyl sites for hydroxylation is 3. The number of para-hydroxylation sites is 2. The van der Waals surface area contributed by atoms with E-state index >= 15 is 0 Å². The summed E-state index contributed by atoms with van der Waals surface area (Å²) in [6.07, 6.45) is 0. The molecule has 3 rings (SSSR count). The molecule has 0 saturated carbocycles. The van der Waals surface area contributed by atoms with Crippen LogP contribution in [0.5, 0.6) is 11.5 Å². The van der Waals surface area contributed by atoms with E-state index in [1.807, 2.05) is 30.5 Å². The summed E-state index contributed by atoms with van der Waals surface area (Å²) in [4.78, 5) is 16.8. The Morgan fingerprint density at radius 3 is 2.43 bits per heavy atom. The predicted molar refractivity (Wildman–Crippen MR) is 113 cm³/mol. The first-order valence-corrected chi connectivity index (χ1v) is 10.0. The van der Waals surface area contributed by atoms with Crippen LogP contribution in [-0.2, 0) is 4.79 Å². The monoisotopic (exact) mass is 396 g/mol. The van der Waals surface area contributed by atoms with E-state index in [4.69, 9.17) is 9.47 Å². The first kappa shape index (κ1) is 19.9. The fourth-order valence-corrected chi connectivity index (χ4v) is 3.56. The smallest absolute Gasteiger partial charge is 0.264 e. The van der Waals surface area contributed by atoms with Gasteiger partial charge in [0.15, 0.2) is 23.2 Å². The van der Waals surface area contributed by atoms with Crippen molar-refractivity contribution < 1.29 is 14.3 Å². The molecule has 6 heteroatoms. The van der Waals surface area contributed by atoms with E-state index in [0.717, 1.165) is 11.3 Å². The molecular weight excluding hydrogens is 372 g/mol. The van der Waals surface area contributed by atoms with E-state index < -0.39 is 0 Å². The van der Waals surface area contributed by atoms with Crippen LogP contribution in [0.15, 0.2) is 41.8 Å². The van der Waals surface area contributed by atoms with Gasteiger partial charge >= 0.3 is 0 Å². The van der Waals surface area contributed by atoms with E-state index in [1.165, 1.54) is 28.0 Å². The Bertz CT molecular complexity index is 982. The van der Waals surface area contributed by atoms with Crippen molar-refractivity contribution in [3.8, 4) is 22.8 Å². The van der Waals surface area contributed by atoms with E-state index in [2.05, 4.69) is 43.2 Å². The topological polar surface area (TPSA) is 60.5 Å². The van der Waals surface area contributed by atoms with Crippen molar-refractivity contribution in [3.63, 3.8) is 0 Å². The largest absolute Gasteiger partial charge is 0.490 e. The van der Waals surface area contributed by atoms with Crippen LogP contribution in [0.2, 0.25) is 0 Å². The minimum atomic E-state index is -0.260. The van der Waals surface area contributed by atoms with Gasteiger partial charge in [0, 0.05) is 10.9 Å². The second-order valence-corrected chi connectivity index (χ2v) is 7.36. The molecule has 0 unspecified atom stereocenters. The summed E-state index contributed by atoms with van der Waals surface area (Å²) in [5.41, 5.74) is 5.60. The van der Waals surface area contributed by atoms with Crippen molar-refractivity contribution in [1.29, 1.82) is 0 Å². The Balaban J connectivity index is 1.64. The zero-order chi connectivity index (χ0) is 20.1. The predicted octanol–water partition coefficient (Wildman–Crippen LogP) is 5.15. The van der Waals surface area contributed by atoms with Gasteiger partial charge in [0.25, 0.3) is 5.91 Å². The van der Waals surface area contributed by atoms with Crippen molar-refractivity contribution in [2.24, 2.45) is 0 Å². The Morgan fingerprint density at radius 2 is 1.71 bits per heavy atom. The van der Waals surface area contributed by atoms with Crippen LogP contribution in [0.4, 0.5) is 5.13 Å². The van der Waals surface area contributed by atoms with Crippen LogP contribution < -0.4 is 14.8 Å². The molecule has 1 amide bonds. The summed E-state index contributed by atoms with van der Waals surface area (Å²) >= 11 is 1.40. The van der Waals surface area contributed by atoms with Crippen LogP contribution in [-0.4, -0.2) is 24.1 Å². The molecule has 0 aliphatic carbocycles. The molecular formula is C22H24N2O3S. The van der Waals surface area contributed by atoms with Crippen molar-refractivity contribution in [3.05, 3.63) is 58.5 Å². The van der Waals surface area contributed by atoms with Gasteiger partial charge in [-0.2, -0.15) is 0 Å². The number of rotatable bonds is 7. The Kier molecular flexibility index (Phi) is 6.31. The van der Waals surface area contributed by atoms with Gasteiger partial charge in [-0.25, -0.2) is 4.98 Å². The Morgan fingerprint density at radius 1 is 1.04 bits per heavy atom. The molecule has 0 bridgehead atoms. The number of hydrogen-bond acceptors (Lipinski definition) is 5. The normalized spacial score (nSPS) is 10.6. The zero-order valence-corrected chi connectivity index (χ0v) is 17.4. The lowest BCUT2D eigenvalue weighted by Gasteiger charge is -2.11. The molecule has 2 aromatic carbocycles. The highest BCUT2D eigenvalue weighted by Gasteiger charge is 2.12. The Hall–Kier alpha value is -2.86. The molecule has 0 saturated heterocycles. The summed E-state index contributed by atoms with van der Waals surface area (Å²) in [7, 11) is 0. The highest BCUT2D eigenvalue weighted by molar-refractivity contribution is 7.14. The molecule has 3 aromatic rings. The van der Waals surface area contributed by atoms with Gasteiger partial charge in [0.05, 0.1) is 12.3 Å². The molecule has 1 N–H and O–H groups in total. The minimum absolute atomic E-state index is 0.109. The number of nitrogens with zero attached hydrogens (tertiary/aromatic N) is 1. The summed E-state index contributed by atoms with van der Waals surface area (Å²) in [6.45, 7) is 8.59. The number of carbonyl (C=O) groups excluding carboxylic acids is 1. The number of nitrogens with one attached hydrogen (secondary N) is 1. The maximum absolute atomic E-state index is 12.3. The Labute approximate surface area is 169 Å². The number of aromatic nitrogens is 1. The standard InChI is InChI=1S/C22H24N2O3S/c1-5-26-19-8-6-7-9-20(19)27-12-21(25)24-22-23-18(13-28-22)17-11-15(3)14(2)10-16(17)4/h6-11,13H,5,12H2,1-4H3,(H,23,24,25). The van der Waals surface area contributed by atoms with Gasteiger partial charge in [-0.1, -0.05) is 18.2 Å². The number of carbonyl (C=O) groups is 1. The number of thiazole rings is 1. The summed E-state index contributed by atoms with van der Waals surface area (Å²) < 4.78 is 11.1. The minimum Gasteiger partial charge on any atom is -0.490 e. The van der Waals surface area contributed by atoms with Gasteiger partial charge < -0.3 is 9.47 Å². The van der Waals surface area contributed by atoms with Crippen molar-refractivity contribution >= 4 is 22.4 Å². The summed E-state index contributed by atoms with van der Waals surface area (Å²) in [5.74, 6) is 0.911. The van der Waals surface area contributed by atoms with Crippen LogP contribution in [0.3, 0.4) is 0 Å². The number of ether oxygens (including phenoxy) is 2. The number of hydrogen-bond donors (Lipinski definition) is 1. The molecule has 0 spiro atoms.